The van der Waals surface area contributed by atoms with E-state index in [1.165, 1.54) is 0 Å². The number of nitrogens with zero attached hydrogens (tertiary/aromatic N) is 7. The van der Waals surface area contributed by atoms with Crippen LogP contribution in [0.15, 0.2) is 16.0 Å². The first-order valence-corrected chi connectivity index (χ1v) is 9.58. The van der Waals surface area contributed by atoms with Crippen LogP contribution in [0.25, 0.3) is 11.7 Å². The minimum absolute atomic E-state index is 0.0675. The van der Waals surface area contributed by atoms with E-state index in [0.717, 1.165) is 25.7 Å². The first kappa shape index (κ1) is 17.4. The minimum atomic E-state index is -0.495. The molecule has 29 heavy (non-hydrogen) atoms. The van der Waals surface area contributed by atoms with Crippen molar-refractivity contribution < 1.29 is 5.11 Å². The summed E-state index contributed by atoms with van der Waals surface area (Å²) in [6.07, 6.45) is 6.83. The van der Waals surface area contributed by atoms with Gasteiger partial charge in [-0.2, -0.15) is 24.8 Å². The Kier molecular flexibility index (Phi) is 4.04. The molecule has 0 bridgehead atoms. The molecule has 148 valence electrons. The summed E-state index contributed by atoms with van der Waals surface area (Å²) < 4.78 is 1.58. The van der Waals surface area contributed by atoms with Gasteiger partial charge in [0, 0.05) is 24.2 Å². The summed E-state index contributed by atoms with van der Waals surface area (Å²) in [5, 5.41) is 24.0. The van der Waals surface area contributed by atoms with Gasteiger partial charge in [-0.15, -0.1) is 0 Å². The Hall–Kier alpha value is -3.68. The van der Waals surface area contributed by atoms with Crippen molar-refractivity contribution in [2.75, 3.05) is 18.0 Å². The quantitative estimate of drug-likeness (QED) is 0.527. The van der Waals surface area contributed by atoms with Gasteiger partial charge >= 0.3 is 5.69 Å². The predicted molar refractivity (Wildman–Crippen MR) is 102 cm³/mol. The van der Waals surface area contributed by atoms with Crippen molar-refractivity contribution in [3.63, 3.8) is 0 Å². The third-order valence-electron chi connectivity index (χ3n) is 5.21. The van der Waals surface area contributed by atoms with Crippen LogP contribution in [-0.2, 0) is 0 Å². The summed E-state index contributed by atoms with van der Waals surface area (Å²) in [5.74, 6) is 0.373. The molecule has 0 amide bonds. The Morgan fingerprint density at radius 1 is 1.24 bits per heavy atom. The fourth-order valence-electron chi connectivity index (χ4n) is 3.42. The molecule has 3 aromatic heterocycles. The molecule has 4 heterocycles. The number of anilines is 1. The molecule has 1 saturated heterocycles. The summed E-state index contributed by atoms with van der Waals surface area (Å²) in [6, 6.07) is 2.59. The van der Waals surface area contributed by atoms with Crippen LogP contribution >= 0.6 is 0 Å². The second-order valence-corrected chi connectivity index (χ2v) is 7.40. The maximum atomic E-state index is 11.4. The van der Waals surface area contributed by atoms with E-state index in [0.29, 0.717) is 35.5 Å². The lowest BCUT2D eigenvalue weighted by molar-refractivity contribution is 0.454. The standard InChI is InChI=1S/C18H19N9O2/c19-8-10-3-5-26(6-4-10)16-23-14-11(7-13-15(28)24-18(29)22-13)9-20-27(14)17(25-16)21-12-1-2-12/h7,9-10,12,28H,1-6H2,(H2,22,24,29)/b11-7+,21-17?. The molecular weight excluding hydrogens is 374 g/mol. The van der Waals surface area contributed by atoms with Gasteiger partial charge in [0.1, 0.15) is 5.69 Å². The van der Waals surface area contributed by atoms with Crippen LogP contribution < -0.4 is 21.4 Å². The van der Waals surface area contributed by atoms with E-state index in [4.69, 9.17) is 5.26 Å². The Morgan fingerprint density at radius 3 is 2.69 bits per heavy atom. The highest BCUT2D eigenvalue weighted by Crippen LogP contribution is 2.23. The molecule has 2 aliphatic rings. The first-order valence-electron chi connectivity index (χ1n) is 9.58. The summed E-state index contributed by atoms with van der Waals surface area (Å²) in [6.45, 7) is 1.41. The largest absolute Gasteiger partial charge is 0.493 e. The number of aromatic hydroxyl groups is 1. The highest BCUT2D eigenvalue weighted by molar-refractivity contribution is 5.57. The zero-order valence-corrected chi connectivity index (χ0v) is 15.5. The molecule has 2 fully saturated rings. The molecule has 0 aromatic carbocycles. The highest BCUT2D eigenvalue weighted by Gasteiger charge is 2.23. The van der Waals surface area contributed by atoms with Crippen LogP contribution in [0.1, 0.15) is 31.4 Å². The van der Waals surface area contributed by atoms with Crippen LogP contribution in [0.5, 0.6) is 5.88 Å². The number of hydrogen-bond donors (Lipinski definition) is 3. The zero-order chi connectivity index (χ0) is 20.0. The smallest absolute Gasteiger partial charge is 0.326 e. The molecular formula is C18H19N9O2. The van der Waals surface area contributed by atoms with Gasteiger partial charge in [0.15, 0.2) is 5.65 Å². The lowest BCUT2D eigenvalue weighted by Crippen LogP contribution is -2.37. The van der Waals surface area contributed by atoms with Crippen LogP contribution in [0.2, 0.25) is 0 Å². The average molecular weight is 393 g/mol. The molecule has 11 heteroatoms. The number of nitrogens with one attached hydrogen (secondary N) is 2. The summed E-state index contributed by atoms with van der Waals surface area (Å²) >= 11 is 0. The topological polar surface area (TPSA) is 151 Å². The highest BCUT2D eigenvalue weighted by atomic mass is 16.3. The number of rotatable bonds is 3. The third-order valence-corrected chi connectivity index (χ3v) is 5.21. The van der Waals surface area contributed by atoms with Crippen LogP contribution in [0.4, 0.5) is 5.95 Å². The number of aromatic nitrogens is 6. The molecule has 5 rings (SSSR count). The SMILES string of the molecule is N#CC1CCN(c2nc(=NC3CC3)n3nc/c(=C\c4[nH]c(=O)[nH]c4O)c3n2)CC1. The number of imidazole rings is 1. The zero-order valence-electron chi connectivity index (χ0n) is 15.5. The average Bonchev–Trinajstić information content (AvgIpc) is 3.36. The number of nitriles is 1. The van der Waals surface area contributed by atoms with Crippen molar-refractivity contribution in [2.45, 2.75) is 31.7 Å². The van der Waals surface area contributed by atoms with Crippen molar-refractivity contribution in [2.24, 2.45) is 10.9 Å². The van der Waals surface area contributed by atoms with Crippen molar-refractivity contribution in [1.82, 2.24) is 29.5 Å². The Morgan fingerprint density at radius 2 is 2.03 bits per heavy atom. The second-order valence-electron chi connectivity index (χ2n) is 7.40. The molecule has 11 nitrogen and oxygen atoms in total. The fraction of sp³-hybridized carbons (Fsp3) is 0.444. The van der Waals surface area contributed by atoms with Gasteiger partial charge < -0.3 is 15.0 Å². The lowest BCUT2D eigenvalue weighted by Gasteiger charge is -2.28. The van der Waals surface area contributed by atoms with E-state index in [1.807, 2.05) is 0 Å². The van der Waals surface area contributed by atoms with Gasteiger partial charge in [0.25, 0.3) is 5.62 Å². The summed E-state index contributed by atoms with van der Waals surface area (Å²) in [7, 11) is 0. The number of aromatic amines is 2. The Labute approximate surface area is 164 Å². The van der Waals surface area contributed by atoms with Gasteiger partial charge in [0.2, 0.25) is 11.8 Å². The van der Waals surface area contributed by atoms with E-state index >= 15 is 0 Å². The minimum Gasteiger partial charge on any atom is -0.493 e. The maximum Gasteiger partial charge on any atom is 0.326 e. The van der Waals surface area contributed by atoms with E-state index in [1.54, 1.807) is 16.8 Å². The molecule has 0 unspecified atom stereocenters. The molecule has 1 saturated carbocycles. The van der Waals surface area contributed by atoms with E-state index in [2.05, 4.69) is 41.0 Å². The maximum absolute atomic E-state index is 11.4. The first-order chi connectivity index (χ1) is 14.1. The summed E-state index contributed by atoms with van der Waals surface area (Å²) in [4.78, 5) is 32.3. The molecule has 0 radical (unpaired) electrons. The van der Waals surface area contributed by atoms with Gasteiger partial charge in [-0.25, -0.2) is 9.79 Å². The van der Waals surface area contributed by atoms with Crippen LogP contribution in [-0.4, -0.2) is 53.8 Å². The normalized spacial score (nSPS) is 19.2. The number of H-pyrrole nitrogens is 2. The van der Waals surface area contributed by atoms with Crippen molar-refractivity contribution >= 4 is 17.7 Å². The third kappa shape index (κ3) is 3.33. The van der Waals surface area contributed by atoms with E-state index < -0.39 is 5.69 Å². The molecule has 3 aromatic rings. The lowest BCUT2D eigenvalue weighted by atomic mass is 9.99. The number of fused-ring (bicyclic) bond motifs is 1. The predicted octanol–water partition coefficient (Wildman–Crippen LogP) is -0.803. The van der Waals surface area contributed by atoms with Crippen molar-refractivity contribution in [3.8, 4) is 11.9 Å². The monoisotopic (exact) mass is 393 g/mol. The van der Waals surface area contributed by atoms with Crippen molar-refractivity contribution in [1.29, 1.82) is 5.26 Å². The van der Waals surface area contributed by atoms with Gasteiger partial charge in [-0.05, 0) is 31.8 Å². The number of hydrogen-bond acceptors (Lipinski definition) is 8. The van der Waals surface area contributed by atoms with Gasteiger partial charge in [-0.3, -0.25) is 4.98 Å². The molecule has 0 spiro atoms. The second kappa shape index (κ2) is 6.73. The van der Waals surface area contributed by atoms with Crippen LogP contribution in [0, 0.1) is 17.2 Å². The van der Waals surface area contributed by atoms with Crippen molar-refractivity contribution in [3.05, 3.63) is 33.2 Å². The summed E-state index contributed by atoms with van der Waals surface area (Å²) in [5.41, 5.74) is 0.783. The molecule has 1 aliphatic carbocycles. The molecule has 0 atom stereocenters. The van der Waals surface area contributed by atoms with Gasteiger partial charge in [0.05, 0.1) is 18.3 Å². The number of piperidine rings is 1. The Balaban J connectivity index is 1.65. The van der Waals surface area contributed by atoms with E-state index in [-0.39, 0.29) is 23.5 Å². The van der Waals surface area contributed by atoms with Gasteiger partial charge in [-0.1, -0.05) is 0 Å². The fourth-order valence-corrected chi connectivity index (χ4v) is 3.42. The van der Waals surface area contributed by atoms with Crippen LogP contribution in [0.3, 0.4) is 0 Å². The van der Waals surface area contributed by atoms with E-state index in [9.17, 15) is 9.90 Å². The molecule has 3 N–H and O–H groups in total. The Bertz CT molecular complexity index is 1280. The molecule has 1 aliphatic heterocycles.